The molecule has 76 valence electrons. The van der Waals surface area contributed by atoms with E-state index in [4.69, 9.17) is 9.84 Å². The van der Waals surface area contributed by atoms with Gasteiger partial charge in [-0.3, -0.25) is 9.78 Å². The van der Waals surface area contributed by atoms with Crippen LogP contribution in [-0.2, 0) is 22.6 Å². The van der Waals surface area contributed by atoms with E-state index in [1.807, 2.05) is 13.0 Å². The fourth-order valence-corrected chi connectivity index (χ4v) is 1.07. The first-order valence-corrected chi connectivity index (χ1v) is 4.46. The van der Waals surface area contributed by atoms with Crippen LogP contribution in [0.25, 0.3) is 0 Å². The molecule has 0 amide bonds. The van der Waals surface area contributed by atoms with Gasteiger partial charge in [-0.25, -0.2) is 0 Å². The molecule has 0 atom stereocenters. The van der Waals surface area contributed by atoms with Gasteiger partial charge in [0.15, 0.2) is 0 Å². The number of nitrogens with zero attached hydrogens (tertiary/aromatic N) is 1. The van der Waals surface area contributed by atoms with Crippen molar-refractivity contribution in [1.82, 2.24) is 4.98 Å². The Bertz CT molecular complexity index is 312. The molecular formula is C10H13NO3. The smallest absolute Gasteiger partial charge is 0.309 e. The zero-order valence-corrected chi connectivity index (χ0v) is 8.06. The maximum absolute atomic E-state index is 10.4. The van der Waals surface area contributed by atoms with Crippen molar-refractivity contribution in [2.45, 2.75) is 20.0 Å². The lowest BCUT2D eigenvalue weighted by atomic mass is 10.2. The number of ether oxygens (including phenoxy) is 1. The highest BCUT2D eigenvalue weighted by Gasteiger charge is 2.02. The zero-order valence-electron chi connectivity index (χ0n) is 8.06. The molecule has 0 aliphatic heterocycles. The third-order valence-corrected chi connectivity index (χ3v) is 1.65. The van der Waals surface area contributed by atoms with E-state index in [1.54, 1.807) is 12.1 Å². The molecule has 1 aromatic heterocycles. The van der Waals surface area contributed by atoms with Gasteiger partial charge in [0.25, 0.3) is 0 Å². The Morgan fingerprint density at radius 1 is 1.50 bits per heavy atom. The summed E-state index contributed by atoms with van der Waals surface area (Å²) in [5.41, 5.74) is 1.33. The minimum absolute atomic E-state index is 0.0417. The molecule has 1 aromatic rings. The highest BCUT2D eigenvalue weighted by Crippen LogP contribution is 2.02. The summed E-state index contributed by atoms with van der Waals surface area (Å²) in [7, 11) is 0. The average Bonchev–Trinajstić information content (AvgIpc) is 2.14. The summed E-state index contributed by atoms with van der Waals surface area (Å²) < 4.78 is 5.17. The van der Waals surface area contributed by atoms with E-state index in [0.29, 0.717) is 18.9 Å². The van der Waals surface area contributed by atoms with Crippen LogP contribution in [0.5, 0.6) is 0 Å². The second-order valence-electron chi connectivity index (χ2n) is 2.83. The molecular weight excluding hydrogens is 182 g/mol. The maximum atomic E-state index is 10.4. The summed E-state index contributed by atoms with van der Waals surface area (Å²) in [5, 5.41) is 8.56. The average molecular weight is 195 g/mol. The Morgan fingerprint density at radius 3 is 2.86 bits per heavy atom. The van der Waals surface area contributed by atoms with Crippen molar-refractivity contribution in [3.63, 3.8) is 0 Å². The van der Waals surface area contributed by atoms with Crippen molar-refractivity contribution in [3.8, 4) is 0 Å². The number of aliphatic carboxylic acids is 1. The van der Waals surface area contributed by atoms with E-state index in [9.17, 15) is 4.79 Å². The molecule has 4 nitrogen and oxygen atoms in total. The van der Waals surface area contributed by atoms with Gasteiger partial charge in [0.1, 0.15) is 0 Å². The van der Waals surface area contributed by atoms with Crippen LogP contribution in [-0.4, -0.2) is 22.7 Å². The predicted molar refractivity (Wildman–Crippen MR) is 50.9 cm³/mol. The number of aromatic nitrogens is 1. The molecule has 0 aliphatic carbocycles. The molecule has 0 bridgehead atoms. The first-order chi connectivity index (χ1) is 6.72. The summed E-state index contributed by atoms with van der Waals surface area (Å²) in [4.78, 5) is 14.6. The van der Waals surface area contributed by atoms with Crippen molar-refractivity contribution >= 4 is 5.97 Å². The highest BCUT2D eigenvalue weighted by atomic mass is 16.5. The van der Waals surface area contributed by atoms with E-state index in [2.05, 4.69) is 4.98 Å². The van der Waals surface area contributed by atoms with E-state index >= 15 is 0 Å². The quantitative estimate of drug-likeness (QED) is 0.768. The summed E-state index contributed by atoms with van der Waals surface area (Å²) in [6.45, 7) is 2.97. The predicted octanol–water partition coefficient (Wildman–Crippen LogP) is 1.25. The van der Waals surface area contributed by atoms with Gasteiger partial charge in [0.2, 0.25) is 0 Å². The van der Waals surface area contributed by atoms with Gasteiger partial charge in [0, 0.05) is 6.61 Å². The number of hydrogen-bond acceptors (Lipinski definition) is 3. The van der Waals surface area contributed by atoms with Gasteiger partial charge in [0.05, 0.1) is 24.4 Å². The van der Waals surface area contributed by atoms with Crippen LogP contribution < -0.4 is 0 Å². The van der Waals surface area contributed by atoms with Gasteiger partial charge in [-0.15, -0.1) is 0 Å². The molecule has 0 spiro atoms. The lowest BCUT2D eigenvalue weighted by Crippen LogP contribution is -2.04. The molecule has 1 rings (SSSR count). The molecule has 1 heterocycles. The van der Waals surface area contributed by atoms with E-state index in [-0.39, 0.29) is 6.42 Å². The van der Waals surface area contributed by atoms with Crippen LogP contribution in [0, 0.1) is 0 Å². The lowest BCUT2D eigenvalue weighted by Gasteiger charge is -2.02. The molecule has 0 saturated heterocycles. The number of rotatable bonds is 5. The standard InChI is InChI=1S/C10H13NO3/c1-2-14-7-9-5-3-4-8(11-9)6-10(12)13/h3-5H,2,6-7H2,1H3,(H,12,13). The maximum Gasteiger partial charge on any atom is 0.309 e. The Kier molecular flexibility index (Phi) is 4.07. The summed E-state index contributed by atoms with van der Waals surface area (Å²) >= 11 is 0. The van der Waals surface area contributed by atoms with Crippen LogP contribution in [0.15, 0.2) is 18.2 Å². The monoisotopic (exact) mass is 195 g/mol. The minimum atomic E-state index is -0.869. The molecule has 14 heavy (non-hydrogen) atoms. The summed E-state index contributed by atoms with van der Waals surface area (Å²) in [5.74, 6) is -0.869. The Labute approximate surface area is 82.5 Å². The third-order valence-electron chi connectivity index (χ3n) is 1.65. The normalized spacial score (nSPS) is 10.1. The topological polar surface area (TPSA) is 59.4 Å². The Morgan fingerprint density at radius 2 is 2.21 bits per heavy atom. The molecule has 0 aliphatic rings. The van der Waals surface area contributed by atoms with Gasteiger partial charge >= 0.3 is 5.97 Å². The van der Waals surface area contributed by atoms with Gasteiger partial charge in [-0.05, 0) is 19.1 Å². The number of pyridine rings is 1. The van der Waals surface area contributed by atoms with E-state index in [0.717, 1.165) is 5.69 Å². The first kappa shape index (κ1) is 10.7. The van der Waals surface area contributed by atoms with Crippen LogP contribution >= 0.6 is 0 Å². The van der Waals surface area contributed by atoms with Gasteiger partial charge in [-0.1, -0.05) is 6.07 Å². The molecule has 0 unspecified atom stereocenters. The zero-order chi connectivity index (χ0) is 10.4. The van der Waals surface area contributed by atoms with E-state index in [1.165, 1.54) is 0 Å². The molecule has 0 aromatic carbocycles. The second-order valence-corrected chi connectivity index (χ2v) is 2.83. The van der Waals surface area contributed by atoms with Crippen molar-refractivity contribution in [3.05, 3.63) is 29.6 Å². The molecule has 0 saturated carbocycles. The first-order valence-electron chi connectivity index (χ1n) is 4.46. The molecule has 4 heteroatoms. The number of carboxylic acid groups (broad SMARTS) is 1. The van der Waals surface area contributed by atoms with Crippen molar-refractivity contribution < 1.29 is 14.6 Å². The van der Waals surface area contributed by atoms with Crippen molar-refractivity contribution in [1.29, 1.82) is 0 Å². The van der Waals surface area contributed by atoms with Gasteiger partial charge < -0.3 is 9.84 Å². The SMILES string of the molecule is CCOCc1cccc(CC(=O)O)n1. The summed E-state index contributed by atoms with van der Waals surface area (Å²) in [6, 6.07) is 5.31. The van der Waals surface area contributed by atoms with Crippen LogP contribution in [0.1, 0.15) is 18.3 Å². The Balaban J connectivity index is 2.63. The van der Waals surface area contributed by atoms with Crippen molar-refractivity contribution in [2.75, 3.05) is 6.61 Å². The molecule has 0 fully saturated rings. The van der Waals surface area contributed by atoms with Crippen LogP contribution in [0.2, 0.25) is 0 Å². The third kappa shape index (κ3) is 3.53. The largest absolute Gasteiger partial charge is 0.481 e. The fourth-order valence-electron chi connectivity index (χ4n) is 1.07. The minimum Gasteiger partial charge on any atom is -0.481 e. The fraction of sp³-hybridized carbons (Fsp3) is 0.400. The van der Waals surface area contributed by atoms with Crippen LogP contribution in [0.3, 0.4) is 0 Å². The van der Waals surface area contributed by atoms with Gasteiger partial charge in [-0.2, -0.15) is 0 Å². The second kappa shape index (κ2) is 5.34. The molecule has 0 radical (unpaired) electrons. The lowest BCUT2D eigenvalue weighted by molar-refractivity contribution is -0.136. The van der Waals surface area contributed by atoms with Crippen molar-refractivity contribution in [2.24, 2.45) is 0 Å². The highest BCUT2D eigenvalue weighted by molar-refractivity contribution is 5.69. The van der Waals surface area contributed by atoms with Crippen LogP contribution in [0.4, 0.5) is 0 Å². The Hall–Kier alpha value is -1.42. The number of carbonyl (C=O) groups is 1. The summed E-state index contributed by atoms with van der Waals surface area (Å²) in [6.07, 6.45) is -0.0417. The molecule has 1 N–H and O–H groups in total. The number of hydrogen-bond donors (Lipinski definition) is 1. The van der Waals surface area contributed by atoms with E-state index < -0.39 is 5.97 Å². The number of carboxylic acids is 1.